The zero-order valence-electron chi connectivity index (χ0n) is 14.8. The molecule has 0 saturated carbocycles. The van der Waals surface area contributed by atoms with Crippen molar-refractivity contribution in [3.8, 4) is 17.4 Å². The zero-order valence-corrected chi connectivity index (χ0v) is 16.4. The molecule has 0 spiro atoms. The zero-order chi connectivity index (χ0) is 19.1. The van der Waals surface area contributed by atoms with Gasteiger partial charge in [0.05, 0.1) is 6.61 Å². The van der Waals surface area contributed by atoms with Crippen molar-refractivity contribution in [1.82, 2.24) is 10.3 Å². The summed E-state index contributed by atoms with van der Waals surface area (Å²) in [6, 6.07) is 18.3. The SMILES string of the molecule is CCOc1ccccc1Oc1ccc(CNC(=O)c2cccc(Br)c2)cn1. The number of para-hydroxylation sites is 2. The second-order valence-electron chi connectivity index (χ2n) is 5.68. The molecule has 3 rings (SSSR count). The molecule has 0 unspecified atom stereocenters. The topological polar surface area (TPSA) is 60.5 Å². The number of carbonyl (C=O) groups is 1. The first-order valence-corrected chi connectivity index (χ1v) is 9.33. The van der Waals surface area contributed by atoms with Gasteiger partial charge in [0.15, 0.2) is 11.5 Å². The van der Waals surface area contributed by atoms with Crippen LogP contribution in [0, 0.1) is 0 Å². The number of carbonyl (C=O) groups excluding carboxylic acids is 1. The Morgan fingerprint density at radius 1 is 1.07 bits per heavy atom. The monoisotopic (exact) mass is 426 g/mol. The van der Waals surface area contributed by atoms with Crippen LogP contribution >= 0.6 is 15.9 Å². The van der Waals surface area contributed by atoms with E-state index in [4.69, 9.17) is 9.47 Å². The molecule has 2 aromatic carbocycles. The summed E-state index contributed by atoms with van der Waals surface area (Å²) >= 11 is 3.36. The second-order valence-corrected chi connectivity index (χ2v) is 6.60. The maximum absolute atomic E-state index is 12.2. The Kier molecular flexibility index (Phi) is 6.44. The largest absolute Gasteiger partial charge is 0.490 e. The van der Waals surface area contributed by atoms with E-state index in [1.54, 1.807) is 24.4 Å². The summed E-state index contributed by atoms with van der Waals surface area (Å²) in [6.07, 6.45) is 1.68. The highest BCUT2D eigenvalue weighted by Gasteiger charge is 2.08. The molecule has 0 radical (unpaired) electrons. The number of nitrogens with one attached hydrogen (secondary N) is 1. The normalized spacial score (nSPS) is 10.3. The van der Waals surface area contributed by atoms with Crippen LogP contribution in [0.5, 0.6) is 17.4 Å². The number of rotatable bonds is 7. The van der Waals surface area contributed by atoms with E-state index < -0.39 is 0 Å². The van der Waals surface area contributed by atoms with Crippen LogP contribution < -0.4 is 14.8 Å². The minimum atomic E-state index is -0.137. The first kappa shape index (κ1) is 18.9. The van der Waals surface area contributed by atoms with E-state index >= 15 is 0 Å². The minimum absolute atomic E-state index is 0.137. The third kappa shape index (κ3) is 5.31. The van der Waals surface area contributed by atoms with Crippen LogP contribution in [0.1, 0.15) is 22.8 Å². The minimum Gasteiger partial charge on any atom is -0.490 e. The van der Waals surface area contributed by atoms with Gasteiger partial charge in [-0.15, -0.1) is 0 Å². The average Bonchev–Trinajstić information content (AvgIpc) is 2.69. The first-order valence-electron chi connectivity index (χ1n) is 8.54. The summed E-state index contributed by atoms with van der Waals surface area (Å²) in [4.78, 5) is 16.5. The molecule has 1 heterocycles. The van der Waals surface area contributed by atoms with Crippen molar-refractivity contribution in [2.45, 2.75) is 13.5 Å². The van der Waals surface area contributed by atoms with E-state index in [2.05, 4.69) is 26.2 Å². The number of hydrogen-bond acceptors (Lipinski definition) is 4. The number of hydrogen-bond donors (Lipinski definition) is 1. The smallest absolute Gasteiger partial charge is 0.251 e. The Morgan fingerprint density at radius 2 is 1.89 bits per heavy atom. The van der Waals surface area contributed by atoms with Gasteiger partial charge in [0.1, 0.15) is 0 Å². The predicted octanol–water partition coefficient (Wildman–Crippen LogP) is 4.97. The fourth-order valence-electron chi connectivity index (χ4n) is 2.41. The van der Waals surface area contributed by atoms with Crippen LogP contribution in [0.2, 0.25) is 0 Å². The molecule has 27 heavy (non-hydrogen) atoms. The summed E-state index contributed by atoms with van der Waals surface area (Å²) in [6.45, 7) is 2.87. The number of amides is 1. The van der Waals surface area contributed by atoms with Gasteiger partial charge in [-0.2, -0.15) is 0 Å². The summed E-state index contributed by atoms with van der Waals surface area (Å²) in [7, 11) is 0. The van der Waals surface area contributed by atoms with E-state index in [0.29, 0.717) is 36.1 Å². The fraction of sp³-hybridized carbons (Fsp3) is 0.143. The molecule has 0 atom stereocenters. The lowest BCUT2D eigenvalue weighted by Crippen LogP contribution is -2.22. The van der Waals surface area contributed by atoms with Gasteiger partial charge in [0, 0.05) is 28.8 Å². The van der Waals surface area contributed by atoms with Crippen molar-refractivity contribution in [3.05, 3.63) is 82.5 Å². The predicted molar refractivity (Wildman–Crippen MR) is 107 cm³/mol. The molecule has 3 aromatic rings. The molecule has 0 aliphatic rings. The van der Waals surface area contributed by atoms with Crippen LogP contribution in [-0.4, -0.2) is 17.5 Å². The number of halogens is 1. The molecule has 5 nitrogen and oxygen atoms in total. The summed E-state index contributed by atoms with van der Waals surface area (Å²) < 4.78 is 12.2. The summed E-state index contributed by atoms with van der Waals surface area (Å²) in [5, 5.41) is 2.88. The van der Waals surface area contributed by atoms with Gasteiger partial charge in [-0.05, 0) is 42.8 Å². The van der Waals surface area contributed by atoms with Crippen LogP contribution in [0.25, 0.3) is 0 Å². The lowest BCUT2D eigenvalue weighted by molar-refractivity contribution is 0.0951. The lowest BCUT2D eigenvalue weighted by atomic mass is 10.2. The van der Waals surface area contributed by atoms with Crippen molar-refractivity contribution in [2.24, 2.45) is 0 Å². The van der Waals surface area contributed by atoms with Crippen LogP contribution in [0.4, 0.5) is 0 Å². The maximum Gasteiger partial charge on any atom is 0.251 e. The first-order chi connectivity index (χ1) is 13.2. The van der Waals surface area contributed by atoms with Crippen LogP contribution in [0.3, 0.4) is 0 Å². The van der Waals surface area contributed by atoms with Gasteiger partial charge >= 0.3 is 0 Å². The highest BCUT2D eigenvalue weighted by Crippen LogP contribution is 2.30. The molecule has 1 amide bonds. The Labute approximate surface area is 166 Å². The molecular weight excluding hydrogens is 408 g/mol. The van der Waals surface area contributed by atoms with Gasteiger partial charge in [-0.1, -0.05) is 40.2 Å². The van der Waals surface area contributed by atoms with E-state index in [1.165, 1.54) is 0 Å². The quantitative estimate of drug-likeness (QED) is 0.579. The number of aromatic nitrogens is 1. The van der Waals surface area contributed by atoms with Crippen molar-refractivity contribution in [1.29, 1.82) is 0 Å². The second kappa shape index (κ2) is 9.19. The Morgan fingerprint density at radius 3 is 2.59 bits per heavy atom. The van der Waals surface area contributed by atoms with Gasteiger partial charge in [-0.3, -0.25) is 4.79 Å². The van der Waals surface area contributed by atoms with Crippen molar-refractivity contribution >= 4 is 21.8 Å². The molecule has 0 bridgehead atoms. The number of nitrogens with zero attached hydrogens (tertiary/aromatic N) is 1. The highest BCUT2D eigenvalue weighted by molar-refractivity contribution is 9.10. The van der Waals surface area contributed by atoms with E-state index in [9.17, 15) is 4.79 Å². The standard InChI is InChI=1S/C21H19BrN2O3/c1-2-26-18-8-3-4-9-19(18)27-20-11-10-15(13-23-20)14-24-21(25)16-6-5-7-17(22)12-16/h3-13H,2,14H2,1H3,(H,24,25). The lowest BCUT2D eigenvalue weighted by Gasteiger charge is -2.11. The number of ether oxygens (including phenoxy) is 2. The molecule has 0 fully saturated rings. The van der Waals surface area contributed by atoms with E-state index in [-0.39, 0.29) is 5.91 Å². The van der Waals surface area contributed by atoms with Gasteiger partial charge in [0.25, 0.3) is 5.91 Å². The number of pyridine rings is 1. The molecule has 0 saturated heterocycles. The number of benzene rings is 2. The molecule has 1 N–H and O–H groups in total. The van der Waals surface area contributed by atoms with E-state index in [0.717, 1.165) is 10.0 Å². The van der Waals surface area contributed by atoms with Crippen molar-refractivity contribution in [2.75, 3.05) is 6.61 Å². The van der Waals surface area contributed by atoms with Gasteiger partial charge < -0.3 is 14.8 Å². The summed E-state index contributed by atoms with van der Waals surface area (Å²) in [5.41, 5.74) is 1.48. The van der Waals surface area contributed by atoms with E-state index in [1.807, 2.05) is 49.4 Å². The molecule has 138 valence electrons. The van der Waals surface area contributed by atoms with Crippen LogP contribution in [-0.2, 0) is 6.54 Å². The maximum atomic E-state index is 12.2. The molecule has 0 aliphatic heterocycles. The molecule has 6 heteroatoms. The Balaban J connectivity index is 1.60. The summed E-state index contributed by atoms with van der Waals surface area (Å²) in [5.74, 6) is 1.61. The Bertz CT molecular complexity index is 913. The third-order valence-electron chi connectivity index (χ3n) is 3.70. The third-order valence-corrected chi connectivity index (χ3v) is 4.19. The van der Waals surface area contributed by atoms with Crippen LogP contribution in [0.15, 0.2) is 71.3 Å². The van der Waals surface area contributed by atoms with Crippen molar-refractivity contribution in [3.63, 3.8) is 0 Å². The average molecular weight is 427 g/mol. The molecule has 1 aromatic heterocycles. The van der Waals surface area contributed by atoms with Gasteiger partial charge in [-0.25, -0.2) is 4.98 Å². The fourth-order valence-corrected chi connectivity index (χ4v) is 2.81. The Hall–Kier alpha value is -2.86. The highest BCUT2D eigenvalue weighted by atomic mass is 79.9. The molecule has 0 aliphatic carbocycles. The molecular formula is C21H19BrN2O3. The van der Waals surface area contributed by atoms with Gasteiger partial charge in [0.2, 0.25) is 5.88 Å². The van der Waals surface area contributed by atoms with Crippen molar-refractivity contribution < 1.29 is 14.3 Å².